The third-order valence-electron chi connectivity index (χ3n) is 3.42. The zero-order valence-electron chi connectivity index (χ0n) is 12.9. The molecule has 0 saturated carbocycles. The minimum atomic E-state index is 0.315. The Kier molecular flexibility index (Phi) is 6.93. The van der Waals surface area contributed by atoms with E-state index >= 15 is 0 Å². The summed E-state index contributed by atoms with van der Waals surface area (Å²) < 4.78 is 7.72. The Balaban J connectivity index is 2.01. The van der Waals surface area contributed by atoms with Gasteiger partial charge in [-0.25, -0.2) is 0 Å². The molecule has 4 heteroatoms. The van der Waals surface area contributed by atoms with Gasteiger partial charge >= 0.3 is 0 Å². The number of ether oxygens (including phenoxy) is 1. The summed E-state index contributed by atoms with van der Waals surface area (Å²) in [7, 11) is 0. The van der Waals surface area contributed by atoms with E-state index in [1.165, 1.54) is 11.1 Å². The summed E-state index contributed by atoms with van der Waals surface area (Å²) >= 11 is 7.19. The van der Waals surface area contributed by atoms with E-state index in [2.05, 4.69) is 87.4 Å². The number of rotatable bonds is 7. The van der Waals surface area contributed by atoms with Gasteiger partial charge in [-0.15, -0.1) is 0 Å². The molecule has 2 nitrogen and oxygen atoms in total. The molecule has 0 aliphatic rings. The molecule has 0 saturated heterocycles. The molecule has 22 heavy (non-hydrogen) atoms. The van der Waals surface area contributed by atoms with Crippen molar-refractivity contribution >= 4 is 31.9 Å². The molecule has 2 aromatic rings. The Labute approximate surface area is 149 Å². The van der Waals surface area contributed by atoms with Crippen molar-refractivity contribution in [2.45, 2.75) is 32.9 Å². The van der Waals surface area contributed by atoms with Crippen LogP contribution in [0.4, 0.5) is 0 Å². The molecule has 0 unspecified atom stereocenters. The number of hydrogen-bond donors (Lipinski definition) is 1. The van der Waals surface area contributed by atoms with E-state index in [0.717, 1.165) is 34.3 Å². The van der Waals surface area contributed by atoms with Crippen LogP contribution in [0.1, 0.15) is 37.4 Å². The van der Waals surface area contributed by atoms with Gasteiger partial charge in [-0.2, -0.15) is 0 Å². The number of hydrogen-bond acceptors (Lipinski definition) is 2. The van der Waals surface area contributed by atoms with Gasteiger partial charge in [0.25, 0.3) is 0 Å². The van der Waals surface area contributed by atoms with E-state index in [1.807, 2.05) is 6.07 Å². The van der Waals surface area contributed by atoms with Crippen LogP contribution in [0.2, 0.25) is 0 Å². The first-order valence-corrected chi connectivity index (χ1v) is 9.09. The molecule has 0 aromatic heterocycles. The molecule has 1 atom stereocenters. The smallest absolute Gasteiger partial charge is 0.147 e. The second-order valence-corrected chi connectivity index (χ2v) is 6.96. The van der Waals surface area contributed by atoms with Gasteiger partial charge in [-0.05, 0) is 68.5 Å². The van der Waals surface area contributed by atoms with Crippen molar-refractivity contribution in [3.63, 3.8) is 0 Å². The second kappa shape index (κ2) is 8.70. The van der Waals surface area contributed by atoms with Crippen molar-refractivity contribution in [3.8, 4) is 5.75 Å². The monoisotopic (exact) mass is 425 g/mol. The van der Waals surface area contributed by atoms with Crippen LogP contribution in [0, 0.1) is 0 Å². The maximum atomic E-state index is 5.75. The normalized spacial score (nSPS) is 12.2. The Morgan fingerprint density at radius 1 is 1.09 bits per heavy atom. The molecular weight excluding hydrogens is 406 g/mol. The quantitative estimate of drug-likeness (QED) is 0.599. The van der Waals surface area contributed by atoms with Crippen LogP contribution in [0.5, 0.6) is 5.75 Å². The molecule has 1 N–H and O–H groups in total. The van der Waals surface area contributed by atoms with Crippen LogP contribution in [0.3, 0.4) is 0 Å². The minimum Gasteiger partial charge on any atom is -0.491 e. The molecule has 0 amide bonds. The molecule has 0 fully saturated rings. The largest absolute Gasteiger partial charge is 0.491 e. The summed E-state index contributed by atoms with van der Waals surface area (Å²) in [4.78, 5) is 0. The minimum absolute atomic E-state index is 0.315. The lowest BCUT2D eigenvalue weighted by Gasteiger charge is -2.16. The molecule has 118 valence electrons. The predicted octanol–water partition coefficient (Wildman–Crippen LogP) is 5.85. The van der Waals surface area contributed by atoms with Crippen molar-refractivity contribution in [2.75, 3.05) is 6.61 Å². The molecular formula is C18H21Br2NO. The Morgan fingerprint density at radius 2 is 1.73 bits per heavy atom. The van der Waals surface area contributed by atoms with Gasteiger partial charge < -0.3 is 10.1 Å². The maximum Gasteiger partial charge on any atom is 0.147 e. The third kappa shape index (κ3) is 4.83. The molecule has 2 aromatic carbocycles. The van der Waals surface area contributed by atoms with Gasteiger partial charge in [0.1, 0.15) is 5.75 Å². The molecule has 0 aliphatic carbocycles. The van der Waals surface area contributed by atoms with E-state index in [-0.39, 0.29) is 0 Å². The van der Waals surface area contributed by atoms with Crippen molar-refractivity contribution in [1.82, 2.24) is 5.32 Å². The van der Waals surface area contributed by atoms with Crippen LogP contribution in [0.15, 0.2) is 51.4 Å². The molecule has 0 aliphatic heterocycles. The fraction of sp³-hybridized carbons (Fsp3) is 0.333. The summed E-state index contributed by atoms with van der Waals surface area (Å²) in [6, 6.07) is 15.0. The number of halogens is 2. The number of nitrogens with one attached hydrogen (secondary N) is 1. The molecule has 0 heterocycles. The van der Waals surface area contributed by atoms with Crippen LogP contribution in [-0.4, -0.2) is 6.61 Å². The fourth-order valence-corrected chi connectivity index (χ4v) is 3.70. The molecule has 0 spiro atoms. The van der Waals surface area contributed by atoms with Crippen LogP contribution in [-0.2, 0) is 6.54 Å². The maximum absolute atomic E-state index is 5.75. The van der Waals surface area contributed by atoms with E-state index < -0.39 is 0 Å². The summed E-state index contributed by atoms with van der Waals surface area (Å²) in [5.74, 6) is 0.877. The zero-order chi connectivity index (χ0) is 15.9. The van der Waals surface area contributed by atoms with E-state index in [1.54, 1.807) is 0 Å². The highest BCUT2D eigenvalue weighted by Gasteiger charge is 2.10. The Morgan fingerprint density at radius 3 is 2.32 bits per heavy atom. The lowest BCUT2D eigenvalue weighted by Crippen LogP contribution is -2.18. The average Bonchev–Trinajstić information content (AvgIpc) is 2.52. The first-order chi connectivity index (χ1) is 10.6. The summed E-state index contributed by atoms with van der Waals surface area (Å²) in [5.41, 5.74) is 2.51. The fourth-order valence-electron chi connectivity index (χ4n) is 2.19. The van der Waals surface area contributed by atoms with Crippen molar-refractivity contribution < 1.29 is 4.74 Å². The van der Waals surface area contributed by atoms with Gasteiger partial charge in [0.15, 0.2) is 0 Å². The first kappa shape index (κ1) is 17.5. The highest BCUT2D eigenvalue weighted by atomic mass is 79.9. The average molecular weight is 427 g/mol. The SMILES string of the molecule is CCCOc1c(Br)cc(CN[C@@H](C)c2ccccc2)cc1Br. The van der Waals surface area contributed by atoms with Crippen molar-refractivity contribution in [2.24, 2.45) is 0 Å². The van der Waals surface area contributed by atoms with Crippen molar-refractivity contribution in [1.29, 1.82) is 0 Å². The van der Waals surface area contributed by atoms with Crippen molar-refractivity contribution in [3.05, 3.63) is 62.5 Å². The van der Waals surface area contributed by atoms with E-state index in [0.29, 0.717) is 6.04 Å². The standard InChI is InChI=1S/C18H21Br2NO/c1-3-9-22-18-16(19)10-14(11-17(18)20)12-21-13(2)15-7-5-4-6-8-15/h4-8,10-11,13,21H,3,9,12H2,1-2H3/t13-/m0/s1. The molecule has 2 rings (SSSR count). The van der Waals surface area contributed by atoms with Crippen LogP contribution >= 0.6 is 31.9 Å². The van der Waals surface area contributed by atoms with Gasteiger partial charge in [-0.3, -0.25) is 0 Å². The predicted molar refractivity (Wildman–Crippen MR) is 99.3 cm³/mol. The van der Waals surface area contributed by atoms with Gasteiger partial charge in [-0.1, -0.05) is 37.3 Å². The first-order valence-electron chi connectivity index (χ1n) is 7.51. The highest BCUT2D eigenvalue weighted by Crippen LogP contribution is 2.35. The van der Waals surface area contributed by atoms with Crippen LogP contribution < -0.4 is 10.1 Å². The third-order valence-corrected chi connectivity index (χ3v) is 4.60. The van der Waals surface area contributed by atoms with Crippen LogP contribution in [0.25, 0.3) is 0 Å². The summed E-state index contributed by atoms with van der Waals surface area (Å²) in [5, 5.41) is 3.55. The number of benzene rings is 2. The lowest BCUT2D eigenvalue weighted by molar-refractivity contribution is 0.313. The lowest BCUT2D eigenvalue weighted by atomic mass is 10.1. The topological polar surface area (TPSA) is 21.3 Å². The summed E-state index contributed by atoms with van der Waals surface area (Å²) in [6.45, 7) is 5.81. The van der Waals surface area contributed by atoms with E-state index in [4.69, 9.17) is 4.74 Å². The summed E-state index contributed by atoms with van der Waals surface area (Å²) in [6.07, 6.45) is 0.997. The molecule has 0 radical (unpaired) electrons. The zero-order valence-corrected chi connectivity index (χ0v) is 16.1. The van der Waals surface area contributed by atoms with Gasteiger partial charge in [0.2, 0.25) is 0 Å². The van der Waals surface area contributed by atoms with Gasteiger partial charge in [0, 0.05) is 12.6 Å². The molecule has 0 bridgehead atoms. The van der Waals surface area contributed by atoms with E-state index in [9.17, 15) is 0 Å². The van der Waals surface area contributed by atoms with Gasteiger partial charge in [0.05, 0.1) is 15.6 Å². The highest BCUT2D eigenvalue weighted by molar-refractivity contribution is 9.11. The Bertz CT molecular complexity index is 578. The Hall–Kier alpha value is -0.840. The second-order valence-electron chi connectivity index (χ2n) is 5.25.